The second-order valence-electron chi connectivity index (χ2n) is 7.81. The Morgan fingerprint density at radius 1 is 0.500 bits per heavy atom. The molecule has 4 aromatic heterocycles. The number of nitrogens with two attached hydrogens (primary N) is 2. The zero-order valence-electron chi connectivity index (χ0n) is 18.2. The first-order valence-corrected chi connectivity index (χ1v) is 10.7. The van der Waals surface area contributed by atoms with Gasteiger partial charge in [-0.1, -0.05) is 24.3 Å². The van der Waals surface area contributed by atoms with Crippen molar-refractivity contribution >= 4 is 0 Å². The van der Waals surface area contributed by atoms with E-state index < -0.39 is 0 Å². The average molecular weight is 427 g/mol. The van der Waals surface area contributed by atoms with Crippen molar-refractivity contribution in [1.29, 1.82) is 0 Å². The maximum absolute atomic E-state index is 4.65. The fraction of sp³-hybridized carbons (Fsp3) is 0.231. The molecule has 4 N–H and O–H groups in total. The molecule has 6 nitrogen and oxygen atoms in total. The highest BCUT2D eigenvalue weighted by atomic mass is 15.0. The normalized spacial score (nSPS) is 10.8. The lowest BCUT2D eigenvalue weighted by Gasteiger charge is -2.34. The molecule has 0 bridgehead atoms. The summed E-state index contributed by atoms with van der Waals surface area (Å²) in [4.78, 5) is 18.5. The van der Waals surface area contributed by atoms with E-state index in [1.807, 2.05) is 49.1 Å². The minimum atomic E-state index is -0.0609. The third-order valence-electron chi connectivity index (χ3n) is 5.48. The Hall–Kier alpha value is -3.48. The summed E-state index contributed by atoms with van der Waals surface area (Å²) in [6, 6.07) is 24.6. The lowest BCUT2D eigenvalue weighted by molar-refractivity contribution is 0.246. The third-order valence-corrected chi connectivity index (χ3v) is 5.48. The molecule has 0 aliphatic rings. The van der Waals surface area contributed by atoms with Crippen LogP contribution in [0.2, 0.25) is 0 Å². The van der Waals surface area contributed by atoms with Crippen LogP contribution in [0.5, 0.6) is 0 Å². The molecule has 0 fully saturated rings. The number of aromatic nitrogens is 4. The fourth-order valence-corrected chi connectivity index (χ4v) is 4.05. The standard InChI is InChI=1S/C26H26N4.H4N2/c1-5-15-27-22(9-1)13-14-26(19-23-10-2-6-16-28-23,20-24-11-3-7-17-29-24)21-25-12-4-8-18-30-25;1-2/h1-12,15-18H,13-14,19-21H2;1-2H2. The molecule has 0 spiro atoms. The van der Waals surface area contributed by atoms with E-state index in [2.05, 4.69) is 80.2 Å². The highest BCUT2D eigenvalue weighted by molar-refractivity contribution is 5.16. The zero-order valence-corrected chi connectivity index (χ0v) is 18.2. The van der Waals surface area contributed by atoms with Gasteiger partial charge in [-0.3, -0.25) is 31.6 Å². The van der Waals surface area contributed by atoms with Gasteiger partial charge >= 0.3 is 0 Å². The highest BCUT2D eigenvalue weighted by Crippen LogP contribution is 2.35. The van der Waals surface area contributed by atoms with Crippen molar-refractivity contribution in [2.75, 3.05) is 0 Å². The van der Waals surface area contributed by atoms with Crippen LogP contribution < -0.4 is 11.7 Å². The Morgan fingerprint density at radius 3 is 1.16 bits per heavy atom. The van der Waals surface area contributed by atoms with Crippen LogP contribution >= 0.6 is 0 Å². The summed E-state index contributed by atoms with van der Waals surface area (Å²) in [5.41, 5.74) is 4.36. The Balaban J connectivity index is 0.00000141. The molecule has 0 radical (unpaired) electrons. The van der Waals surface area contributed by atoms with Crippen LogP contribution in [-0.2, 0) is 25.7 Å². The first kappa shape index (κ1) is 23.2. The molecule has 0 unspecified atom stereocenters. The van der Waals surface area contributed by atoms with Gasteiger partial charge < -0.3 is 0 Å². The van der Waals surface area contributed by atoms with E-state index in [4.69, 9.17) is 0 Å². The van der Waals surface area contributed by atoms with Crippen molar-refractivity contribution < 1.29 is 0 Å². The molecule has 0 aliphatic carbocycles. The largest absolute Gasteiger partial charge is 0.274 e. The SMILES string of the molecule is NN.c1ccc(CCC(Cc2ccccn2)(Cc2ccccn2)Cc2ccccn2)nc1. The van der Waals surface area contributed by atoms with E-state index in [1.165, 1.54) is 0 Å². The highest BCUT2D eigenvalue weighted by Gasteiger charge is 2.32. The maximum atomic E-state index is 4.65. The Kier molecular flexibility index (Phi) is 8.98. The van der Waals surface area contributed by atoms with Gasteiger partial charge in [0.05, 0.1) is 0 Å². The lowest BCUT2D eigenvalue weighted by Crippen LogP contribution is -2.31. The van der Waals surface area contributed by atoms with Crippen LogP contribution in [0.4, 0.5) is 0 Å². The van der Waals surface area contributed by atoms with Crippen LogP contribution in [0.25, 0.3) is 0 Å². The second-order valence-corrected chi connectivity index (χ2v) is 7.81. The quantitative estimate of drug-likeness (QED) is 0.312. The molecule has 6 heteroatoms. The Bertz CT molecular complexity index is 910. The van der Waals surface area contributed by atoms with E-state index >= 15 is 0 Å². The minimum Gasteiger partial charge on any atom is -0.274 e. The average Bonchev–Trinajstić information content (AvgIpc) is 2.87. The molecule has 0 aliphatic heterocycles. The first-order valence-electron chi connectivity index (χ1n) is 10.7. The molecule has 164 valence electrons. The van der Waals surface area contributed by atoms with Crippen molar-refractivity contribution in [3.05, 3.63) is 120 Å². The molecule has 0 amide bonds. The van der Waals surface area contributed by atoms with Crippen molar-refractivity contribution in [3.63, 3.8) is 0 Å². The molecule has 0 aromatic carbocycles. The summed E-state index contributed by atoms with van der Waals surface area (Å²) < 4.78 is 0. The predicted octanol–water partition coefficient (Wildman–Crippen LogP) is 3.73. The van der Waals surface area contributed by atoms with Crippen LogP contribution in [-0.4, -0.2) is 19.9 Å². The van der Waals surface area contributed by atoms with E-state index in [-0.39, 0.29) is 5.41 Å². The molecule has 32 heavy (non-hydrogen) atoms. The van der Waals surface area contributed by atoms with Gasteiger partial charge in [0, 0.05) is 47.6 Å². The van der Waals surface area contributed by atoms with E-state index in [9.17, 15) is 0 Å². The second kappa shape index (κ2) is 12.4. The summed E-state index contributed by atoms with van der Waals surface area (Å²) in [5.74, 6) is 8.00. The molecule has 0 atom stereocenters. The van der Waals surface area contributed by atoms with Gasteiger partial charge in [0.2, 0.25) is 0 Å². The Morgan fingerprint density at radius 2 is 0.844 bits per heavy atom. The smallest absolute Gasteiger partial charge is 0.0409 e. The molecule has 4 rings (SSSR count). The summed E-state index contributed by atoms with van der Waals surface area (Å²) in [7, 11) is 0. The van der Waals surface area contributed by atoms with Gasteiger partial charge in [0.25, 0.3) is 0 Å². The van der Waals surface area contributed by atoms with Crippen LogP contribution in [0.3, 0.4) is 0 Å². The van der Waals surface area contributed by atoms with Crippen molar-refractivity contribution in [2.45, 2.75) is 32.1 Å². The number of aryl methyl sites for hydroxylation is 1. The van der Waals surface area contributed by atoms with Crippen molar-refractivity contribution in [3.8, 4) is 0 Å². The topological polar surface area (TPSA) is 104 Å². The third kappa shape index (κ3) is 7.04. The number of rotatable bonds is 9. The number of hydrogen-bond acceptors (Lipinski definition) is 6. The summed E-state index contributed by atoms with van der Waals surface area (Å²) >= 11 is 0. The van der Waals surface area contributed by atoms with Gasteiger partial charge in [0.15, 0.2) is 0 Å². The zero-order chi connectivity index (χ0) is 22.5. The minimum absolute atomic E-state index is 0.0609. The number of nitrogens with zero attached hydrogens (tertiary/aromatic N) is 4. The molecule has 0 saturated heterocycles. The van der Waals surface area contributed by atoms with Gasteiger partial charge in [-0.15, -0.1) is 0 Å². The maximum Gasteiger partial charge on any atom is 0.0409 e. The fourth-order valence-electron chi connectivity index (χ4n) is 4.05. The molecule has 0 saturated carbocycles. The van der Waals surface area contributed by atoms with Gasteiger partial charge in [-0.05, 0) is 86.1 Å². The summed E-state index contributed by atoms with van der Waals surface area (Å²) in [6.07, 6.45) is 12.0. The lowest BCUT2D eigenvalue weighted by atomic mass is 9.71. The van der Waals surface area contributed by atoms with E-state index in [0.717, 1.165) is 54.9 Å². The predicted molar refractivity (Wildman–Crippen MR) is 127 cm³/mol. The summed E-state index contributed by atoms with van der Waals surface area (Å²) in [5, 5.41) is 0. The number of hydrazine groups is 1. The van der Waals surface area contributed by atoms with Crippen LogP contribution in [0, 0.1) is 5.41 Å². The number of pyridine rings is 4. The Labute approximate surface area is 189 Å². The molecule has 4 heterocycles. The van der Waals surface area contributed by atoms with E-state index in [1.54, 1.807) is 0 Å². The monoisotopic (exact) mass is 426 g/mol. The van der Waals surface area contributed by atoms with Crippen molar-refractivity contribution in [2.24, 2.45) is 17.1 Å². The van der Waals surface area contributed by atoms with Gasteiger partial charge in [-0.2, -0.15) is 0 Å². The summed E-state index contributed by atoms with van der Waals surface area (Å²) in [6.45, 7) is 0. The van der Waals surface area contributed by atoms with Crippen LogP contribution in [0.15, 0.2) is 97.6 Å². The van der Waals surface area contributed by atoms with Crippen molar-refractivity contribution in [1.82, 2.24) is 19.9 Å². The van der Waals surface area contributed by atoms with E-state index in [0.29, 0.717) is 0 Å². The first-order chi connectivity index (χ1) is 15.8. The number of hydrogen-bond donors (Lipinski definition) is 2. The van der Waals surface area contributed by atoms with Gasteiger partial charge in [-0.25, -0.2) is 0 Å². The molecule has 4 aromatic rings. The van der Waals surface area contributed by atoms with Crippen LogP contribution in [0.1, 0.15) is 29.2 Å². The van der Waals surface area contributed by atoms with Gasteiger partial charge in [0.1, 0.15) is 0 Å². The molecular formula is C26H30N6. The molecular weight excluding hydrogens is 396 g/mol.